The van der Waals surface area contributed by atoms with E-state index in [4.69, 9.17) is 24.3 Å². The van der Waals surface area contributed by atoms with Crippen LogP contribution >= 0.6 is 7.82 Å². The molecule has 298 valence electrons. The van der Waals surface area contributed by atoms with Gasteiger partial charge >= 0.3 is 13.8 Å². The van der Waals surface area contributed by atoms with E-state index in [-0.39, 0.29) is 32.3 Å². The number of allylic oxidation sites excluding steroid dienone is 8. The van der Waals surface area contributed by atoms with E-state index in [1.165, 1.54) is 83.5 Å². The first kappa shape index (κ1) is 49.5. The number of carbonyl (C=O) groups is 1. The zero-order chi connectivity index (χ0) is 37.4. The molecular weight excluding hydrogens is 661 g/mol. The molecule has 0 amide bonds. The first-order valence-corrected chi connectivity index (χ1v) is 22.1. The van der Waals surface area contributed by atoms with E-state index in [1.54, 1.807) is 0 Å². The van der Waals surface area contributed by atoms with E-state index in [0.717, 1.165) is 70.6 Å². The number of unbranched alkanes of at least 4 members (excludes halogenated alkanes) is 18. The summed E-state index contributed by atoms with van der Waals surface area (Å²) in [6.45, 7) is 4.80. The van der Waals surface area contributed by atoms with Gasteiger partial charge in [0.25, 0.3) is 0 Å². The number of hydrogen-bond acceptors (Lipinski definition) is 7. The minimum atomic E-state index is -4.28. The Morgan fingerprint density at radius 2 is 1.08 bits per heavy atom. The minimum Gasteiger partial charge on any atom is -0.457 e. The summed E-state index contributed by atoms with van der Waals surface area (Å²) in [5.74, 6) is -0.344. The number of ether oxygens (including phenoxy) is 2. The van der Waals surface area contributed by atoms with Crippen LogP contribution in [-0.4, -0.2) is 49.9 Å². The first-order valence-electron chi connectivity index (χ1n) is 20.6. The fourth-order valence-corrected chi connectivity index (χ4v) is 6.18. The van der Waals surface area contributed by atoms with Crippen LogP contribution in [0.15, 0.2) is 48.6 Å². The maximum absolute atomic E-state index is 12.6. The smallest absolute Gasteiger partial charge is 0.457 e. The van der Waals surface area contributed by atoms with Gasteiger partial charge in [-0.3, -0.25) is 13.8 Å². The molecule has 0 aromatic carbocycles. The van der Waals surface area contributed by atoms with Crippen LogP contribution in [0.1, 0.15) is 174 Å². The molecule has 0 spiro atoms. The molecule has 8 nitrogen and oxygen atoms in total. The van der Waals surface area contributed by atoms with E-state index >= 15 is 0 Å². The van der Waals surface area contributed by atoms with Crippen molar-refractivity contribution >= 4 is 13.8 Å². The summed E-state index contributed by atoms with van der Waals surface area (Å²) in [6, 6.07) is 0. The van der Waals surface area contributed by atoms with Gasteiger partial charge in [0.1, 0.15) is 6.10 Å². The second kappa shape index (κ2) is 39.7. The standard InChI is InChI=1S/C42H78NO7P/c1-3-5-7-9-11-13-15-17-19-20-21-22-23-25-27-29-31-33-35-42(44)50-41(40-49-51(45,46)48-38-36-43)39-47-37-34-32-30-28-26-24-18-16-14-12-10-8-6-4-2/h8,10,13-16,19-20,41H,3-7,9,11-12,17-18,21-40,43H2,1-2H3,(H,45,46)/b10-8-,15-13-,16-14-,20-19-. The van der Waals surface area contributed by atoms with Crippen LogP contribution in [0.2, 0.25) is 0 Å². The Labute approximate surface area is 313 Å². The zero-order valence-electron chi connectivity index (χ0n) is 32.8. The number of nitrogens with two attached hydrogens (primary N) is 1. The van der Waals surface area contributed by atoms with Crippen LogP contribution in [0.4, 0.5) is 0 Å². The Balaban J connectivity index is 4.08. The molecular formula is C42H78NO7P. The SMILES string of the molecule is CCC/C=C\C/C=C\CCCCCCCCOCC(COP(=O)(O)OCCN)OC(=O)CCCCCCCCC/C=C\C/C=C\CCCCCC. The fourth-order valence-electron chi connectivity index (χ4n) is 5.42. The van der Waals surface area contributed by atoms with Gasteiger partial charge in [-0.25, -0.2) is 4.57 Å². The lowest BCUT2D eigenvalue weighted by Gasteiger charge is -2.20. The van der Waals surface area contributed by atoms with Crippen LogP contribution in [0.3, 0.4) is 0 Å². The monoisotopic (exact) mass is 740 g/mol. The highest BCUT2D eigenvalue weighted by Gasteiger charge is 2.25. The average molecular weight is 740 g/mol. The van der Waals surface area contributed by atoms with Gasteiger partial charge < -0.3 is 20.1 Å². The summed E-state index contributed by atoms with van der Waals surface area (Å²) < 4.78 is 33.4. The first-order chi connectivity index (χ1) is 24.9. The highest BCUT2D eigenvalue weighted by molar-refractivity contribution is 7.47. The lowest BCUT2D eigenvalue weighted by molar-refractivity contribution is -0.154. The van der Waals surface area contributed by atoms with Crippen molar-refractivity contribution in [1.82, 2.24) is 0 Å². The fraction of sp³-hybridized carbons (Fsp3) is 0.786. The molecule has 0 rings (SSSR count). The molecule has 0 radical (unpaired) electrons. The van der Waals surface area contributed by atoms with Gasteiger partial charge in [0.05, 0.1) is 19.8 Å². The maximum atomic E-state index is 12.6. The number of carbonyl (C=O) groups excluding carboxylic acids is 1. The second-order valence-corrected chi connectivity index (χ2v) is 14.9. The number of rotatable bonds is 39. The highest BCUT2D eigenvalue weighted by Crippen LogP contribution is 2.43. The van der Waals surface area contributed by atoms with Gasteiger partial charge in [0, 0.05) is 19.6 Å². The van der Waals surface area contributed by atoms with Crippen LogP contribution in [-0.2, 0) is 27.9 Å². The Hall–Kier alpha value is -1.54. The van der Waals surface area contributed by atoms with E-state index < -0.39 is 13.9 Å². The minimum absolute atomic E-state index is 0.0955. The molecule has 0 fully saturated rings. The molecule has 3 N–H and O–H groups in total. The van der Waals surface area contributed by atoms with Crippen LogP contribution < -0.4 is 5.73 Å². The second-order valence-electron chi connectivity index (χ2n) is 13.5. The van der Waals surface area contributed by atoms with Gasteiger partial charge in [-0.2, -0.15) is 0 Å². The summed E-state index contributed by atoms with van der Waals surface area (Å²) >= 11 is 0. The lowest BCUT2D eigenvalue weighted by atomic mass is 10.1. The normalized spacial score (nSPS) is 14.0. The molecule has 2 unspecified atom stereocenters. The number of hydrogen-bond donors (Lipinski definition) is 2. The molecule has 0 heterocycles. The summed E-state index contributed by atoms with van der Waals surface area (Å²) in [5.41, 5.74) is 5.36. The molecule has 0 aliphatic rings. The average Bonchev–Trinajstić information content (AvgIpc) is 3.12. The molecule has 0 aliphatic heterocycles. The number of phosphoric acid groups is 1. The largest absolute Gasteiger partial charge is 0.472 e. The highest BCUT2D eigenvalue weighted by atomic mass is 31.2. The van der Waals surface area contributed by atoms with Crippen LogP contribution in [0.5, 0.6) is 0 Å². The third-order valence-electron chi connectivity index (χ3n) is 8.45. The molecule has 0 saturated carbocycles. The van der Waals surface area contributed by atoms with Crippen molar-refractivity contribution in [3.8, 4) is 0 Å². The summed E-state index contributed by atoms with van der Waals surface area (Å²) in [6.07, 6.45) is 45.5. The predicted molar refractivity (Wildman–Crippen MR) is 215 cm³/mol. The van der Waals surface area contributed by atoms with E-state index in [9.17, 15) is 14.3 Å². The molecule has 0 aromatic heterocycles. The van der Waals surface area contributed by atoms with Crippen LogP contribution in [0, 0.1) is 0 Å². The Morgan fingerprint density at radius 1 is 0.588 bits per heavy atom. The van der Waals surface area contributed by atoms with Crippen molar-refractivity contribution in [3.05, 3.63) is 48.6 Å². The lowest BCUT2D eigenvalue weighted by Crippen LogP contribution is -2.28. The van der Waals surface area contributed by atoms with Gasteiger partial charge in [0.15, 0.2) is 0 Å². The molecule has 51 heavy (non-hydrogen) atoms. The third kappa shape index (κ3) is 39.5. The predicted octanol–water partition coefficient (Wildman–Crippen LogP) is 12.0. The number of phosphoric ester groups is 1. The summed E-state index contributed by atoms with van der Waals surface area (Å²) in [7, 11) is -4.28. The zero-order valence-corrected chi connectivity index (χ0v) is 33.7. The third-order valence-corrected chi connectivity index (χ3v) is 9.43. The Bertz CT molecular complexity index is 921. The van der Waals surface area contributed by atoms with Crippen molar-refractivity contribution in [2.75, 3.05) is 33.0 Å². The molecule has 0 saturated heterocycles. The maximum Gasteiger partial charge on any atom is 0.472 e. The van der Waals surface area contributed by atoms with Crippen molar-refractivity contribution in [1.29, 1.82) is 0 Å². The Morgan fingerprint density at radius 3 is 1.61 bits per heavy atom. The van der Waals surface area contributed by atoms with Crippen molar-refractivity contribution < 1.29 is 32.8 Å². The van der Waals surface area contributed by atoms with Crippen molar-refractivity contribution in [2.45, 2.75) is 180 Å². The van der Waals surface area contributed by atoms with E-state index in [0.29, 0.717) is 13.0 Å². The summed E-state index contributed by atoms with van der Waals surface area (Å²) in [4.78, 5) is 22.4. The van der Waals surface area contributed by atoms with Gasteiger partial charge in [-0.15, -0.1) is 0 Å². The van der Waals surface area contributed by atoms with Crippen LogP contribution in [0.25, 0.3) is 0 Å². The topological polar surface area (TPSA) is 117 Å². The molecule has 2 atom stereocenters. The van der Waals surface area contributed by atoms with Gasteiger partial charge in [-0.1, -0.05) is 146 Å². The molecule has 0 aliphatic carbocycles. The Kier molecular flexibility index (Phi) is 38.5. The molecule has 9 heteroatoms. The van der Waals surface area contributed by atoms with Gasteiger partial charge in [0.2, 0.25) is 0 Å². The quantitative estimate of drug-likeness (QED) is 0.0277. The molecule has 0 aromatic rings. The van der Waals surface area contributed by atoms with E-state index in [1.807, 2.05) is 0 Å². The van der Waals surface area contributed by atoms with Gasteiger partial charge in [-0.05, 0) is 70.6 Å². The summed E-state index contributed by atoms with van der Waals surface area (Å²) in [5, 5.41) is 0. The molecule has 0 bridgehead atoms. The van der Waals surface area contributed by atoms with Crippen molar-refractivity contribution in [3.63, 3.8) is 0 Å². The van der Waals surface area contributed by atoms with Crippen molar-refractivity contribution in [2.24, 2.45) is 5.73 Å². The van der Waals surface area contributed by atoms with E-state index in [2.05, 4.69) is 62.5 Å². The number of esters is 1.